The van der Waals surface area contributed by atoms with Gasteiger partial charge < -0.3 is 10.3 Å². The maximum Gasteiger partial charge on any atom is 0.416 e. The summed E-state index contributed by atoms with van der Waals surface area (Å²) < 4.78 is 53.3. The summed E-state index contributed by atoms with van der Waals surface area (Å²) in [5, 5.41) is 0.245. The van der Waals surface area contributed by atoms with Gasteiger partial charge in [0.15, 0.2) is 0 Å². The number of nitrogens with two attached hydrogens (primary N) is 1. The highest BCUT2D eigenvalue weighted by Crippen LogP contribution is 2.32. The summed E-state index contributed by atoms with van der Waals surface area (Å²) in [5.74, 6) is -1.21. The van der Waals surface area contributed by atoms with Gasteiger partial charge in [-0.05, 0) is 42.0 Å². The average molecular weight is 336 g/mol. The van der Waals surface area contributed by atoms with Crippen LogP contribution in [0.2, 0.25) is 0 Å². The second-order valence-electron chi connectivity index (χ2n) is 5.38. The maximum absolute atomic E-state index is 13.3. The minimum Gasteiger partial charge on any atom is -0.364 e. The molecular formula is C17H12F4N2O. The zero-order valence-electron chi connectivity index (χ0n) is 12.3. The number of carbonyl (C=O) groups is 1. The van der Waals surface area contributed by atoms with Crippen LogP contribution in [0.15, 0.2) is 48.5 Å². The van der Waals surface area contributed by atoms with E-state index in [0.29, 0.717) is 11.1 Å². The van der Waals surface area contributed by atoms with Gasteiger partial charge in [0, 0.05) is 17.4 Å². The Bertz CT molecular complexity index is 928. The molecule has 0 atom stereocenters. The van der Waals surface area contributed by atoms with Gasteiger partial charge in [-0.2, -0.15) is 13.2 Å². The highest BCUT2D eigenvalue weighted by molar-refractivity contribution is 5.98. The molecule has 7 heteroatoms. The van der Waals surface area contributed by atoms with E-state index in [1.807, 2.05) is 0 Å². The van der Waals surface area contributed by atoms with E-state index >= 15 is 0 Å². The minimum atomic E-state index is -4.48. The van der Waals surface area contributed by atoms with E-state index in [1.54, 1.807) is 6.07 Å². The number of halogens is 4. The molecule has 1 heterocycles. The summed E-state index contributed by atoms with van der Waals surface area (Å²) in [6, 6.07) is 10.2. The number of aromatic nitrogens is 1. The molecule has 0 aliphatic rings. The van der Waals surface area contributed by atoms with E-state index in [-0.39, 0.29) is 17.6 Å². The van der Waals surface area contributed by atoms with E-state index in [2.05, 4.69) is 0 Å². The Morgan fingerprint density at radius 1 is 1.08 bits per heavy atom. The van der Waals surface area contributed by atoms with Gasteiger partial charge in [-0.25, -0.2) is 4.39 Å². The lowest BCUT2D eigenvalue weighted by atomic mass is 10.1. The first-order chi connectivity index (χ1) is 11.3. The second kappa shape index (κ2) is 5.67. The van der Waals surface area contributed by atoms with E-state index in [4.69, 9.17) is 5.73 Å². The van der Waals surface area contributed by atoms with E-state index in [1.165, 1.54) is 34.9 Å². The number of nitrogens with zero attached hydrogens (tertiary/aromatic N) is 1. The Hall–Kier alpha value is -2.83. The molecule has 1 amide bonds. The summed E-state index contributed by atoms with van der Waals surface area (Å²) in [7, 11) is 0. The molecule has 0 bridgehead atoms. The summed E-state index contributed by atoms with van der Waals surface area (Å²) in [6.07, 6.45) is -4.48. The third-order valence-corrected chi connectivity index (χ3v) is 3.71. The first kappa shape index (κ1) is 16.0. The number of hydrogen-bond donors (Lipinski definition) is 1. The Morgan fingerprint density at radius 2 is 1.83 bits per heavy atom. The molecule has 24 heavy (non-hydrogen) atoms. The fourth-order valence-corrected chi connectivity index (χ4v) is 2.64. The van der Waals surface area contributed by atoms with Gasteiger partial charge in [0.05, 0.1) is 5.56 Å². The number of fused-ring (bicyclic) bond motifs is 1. The van der Waals surface area contributed by atoms with Crippen LogP contribution < -0.4 is 5.73 Å². The summed E-state index contributed by atoms with van der Waals surface area (Å²) in [4.78, 5) is 11.6. The smallest absolute Gasteiger partial charge is 0.364 e. The van der Waals surface area contributed by atoms with E-state index in [0.717, 1.165) is 12.1 Å². The van der Waals surface area contributed by atoms with Crippen LogP contribution in [0.25, 0.3) is 10.9 Å². The van der Waals surface area contributed by atoms with Crippen LogP contribution >= 0.6 is 0 Å². The first-order valence-electron chi connectivity index (χ1n) is 7.00. The normalized spacial score (nSPS) is 11.8. The van der Waals surface area contributed by atoms with Crippen molar-refractivity contribution in [2.24, 2.45) is 5.73 Å². The molecule has 3 rings (SSSR count). The molecule has 124 valence electrons. The maximum atomic E-state index is 13.3. The number of alkyl halides is 3. The zero-order chi connectivity index (χ0) is 17.5. The Kier molecular flexibility index (Phi) is 3.79. The van der Waals surface area contributed by atoms with Crippen molar-refractivity contribution in [3.05, 3.63) is 71.2 Å². The monoisotopic (exact) mass is 336 g/mol. The molecular weight excluding hydrogens is 324 g/mol. The van der Waals surface area contributed by atoms with Crippen LogP contribution in [0.4, 0.5) is 17.6 Å². The molecule has 0 aliphatic carbocycles. The SMILES string of the molecule is NC(=O)c1cc2cc(C(F)(F)F)ccc2n1Cc1cccc(F)c1. The van der Waals surface area contributed by atoms with Crippen LogP contribution in [0, 0.1) is 5.82 Å². The van der Waals surface area contributed by atoms with Crippen molar-refractivity contribution in [1.82, 2.24) is 4.57 Å². The molecule has 0 saturated carbocycles. The Morgan fingerprint density at radius 3 is 2.46 bits per heavy atom. The number of hydrogen-bond acceptors (Lipinski definition) is 1. The third kappa shape index (κ3) is 2.97. The molecule has 1 aromatic heterocycles. The van der Waals surface area contributed by atoms with Crippen molar-refractivity contribution in [2.75, 3.05) is 0 Å². The first-order valence-corrected chi connectivity index (χ1v) is 7.00. The van der Waals surface area contributed by atoms with Crippen LogP contribution in [0.5, 0.6) is 0 Å². The number of amides is 1. The predicted molar refractivity (Wildman–Crippen MR) is 81.0 cm³/mol. The van der Waals surface area contributed by atoms with Gasteiger partial charge in [0.1, 0.15) is 11.5 Å². The number of rotatable bonds is 3. The molecule has 2 N–H and O–H groups in total. The van der Waals surface area contributed by atoms with Gasteiger partial charge in [-0.1, -0.05) is 12.1 Å². The molecule has 0 saturated heterocycles. The van der Waals surface area contributed by atoms with Gasteiger partial charge in [-0.15, -0.1) is 0 Å². The van der Waals surface area contributed by atoms with Gasteiger partial charge >= 0.3 is 6.18 Å². The summed E-state index contributed by atoms with van der Waals surface area (Å²) in [6.45, 7) is 0.116. The molecule has 0 radical (unpaired) electrons. The zero-order valence-corrected chi connectivity index (χ0v) is 12.3. The number of benzene rings is 2. The van der Waals surface area contributed by atoms with Gasteiger partial charge in [0.25, 0.3) is 5.91 Å². The van der Waals surface area contributed by atoms with Crippen molar-refractivity contribution in [3.8, 4) is 0 Å². The molecule has 0 aliphatic heterocycles. The van der Waals surface area contributed by atoms with Crippen LogP contribution in [-0.4, -0.2) is 10.5 Å². The molecule has 0 fully saturated rings. The Labute approximate surface area is 134 Å². The largest absolute Gasteiger partial charge is 0.416 e. The highest BCUT2D eigenvalue weighted by atomic mass is 19.4. The molecule has 3 nitrogen and oxygen atoms in total. The second-order valence-corrected chi connectivity index (χ2v) is 5.38. The molecule has 0 spiro atoms. The number of carbonyl (C=O) groups excluding carboxylic acids is 1. The standard InChI is InChI=1S/C17H12F4N2O/c18-13-3-1-2-10(6-13)9-23-14-5-4-12(17(19,20)21)7-11(14)8-15(23)16(22)24/h1-8H,9H2,(H2,22,24). The highest BCUT2D eigenvalue weighted by Gasteiger charge is 2.31. The number of primary amides is 1. The van der Waals surface area contributed by atoms with Crippen molar-refractivity contribution in [1.29, 1.82) is 0 Å². The fourth-order valence-electron chi connectivity index (χ4n) is 2.64. The van der Waals surface area contributed by atoms with Crippen LogP contribution in [0.1, 0.15) is 21.6 Å². The van der Waals surface area contributed by atoms with E-state index in [9.17, 15) is 22.4 Å². The lowest BCUT2D eigenvalue weighted by Gasteiger charge is -2.10. The molecule has 3 aromatic rings. The van der Waals surface area contributed by atoms with Gasteiger partial charge in [-0.3, -0.25) is 4.79 Å². The average Bonchev–Trinajstić information content (AvgIpc) is 2.85. The Balaban J connectivity index is 2.14. The van der Waals surface area contributed by atoms with Crippen molar-refractivity contribution in [3.63, 3.8) is 0 Å². The lowest BCUT2D eigenvalue weighted by Crippen LogP contribution is -2.17. The fraction of sp³-hybridized carbons (Fsp3) is 0.118. The van der Waals surface area contributed by atoms with Crippen LogP contribution in [0.3, 0.4) is 0 Å². The molecule has 2 aromatic carbocycles. The van der Waals surface area contributed by atoms with Crippen molar-refractivity contribution < 1.29 is 22.4 Å². The minimum absolute atomic E-state index is 0.0635. The topological polar surface area (TPSA) is 48.0 Å². The quantitative estimate of drug-likeness (QED) is 0.724. The predicted octanol–water partition coefficient (Wildman–Crippen LogP) is 3.95. The third-order valence-electron chi connectivity index (χ3n) is 3.71. The summed E-state index contributed by atoms with van der Waals surface area (Å²) >= 11 is 0. The lowest BCUT2D eigenvalue weighted by molar-refractivity contribution is -0.137. The van der Waals surface area contributed by atoms with Gasteiger partial charge in [0.2, 0.25) is 0 Å². The molecule has 0 unspecified atom stereocenters. The van der Waals surface area contributed by atoms with Crippen molar-refractivity contribution >= 4 is 16.8 Å². The van der Waals surface area contributed by atoms with E-state index < -0.39 is 23.5 Å². The van der Waals surface area contributed by atoms with Crippen LogP contribution in [-0.2, 0) is 12.7 Å². The van der Waals surface area contributed by atoms with Crippen molar-refractivity contribution in [2.45, 2.75) is 12.7 Å². The summed E-state index contributed by atoms with van der Waals surface area (Å²) in [5.41, 5.74) is 5.56.